The topological polar surface area (TPSA) is 63.2 Å². The lowest BCUT2D eigenvalue weighted by atomic mass is 10.1. The molecule has 8 nitrogen and oxygen atoms in total. The average molecular weight is 541 g/mol. The Morgan fingerprint density at radius 3 is 2.45 bits per heavy atom. The number of halogens is 1. The highest BCUT2D eigenvalue weighted by Gasteiger charge is 2.24. The van der Waals surface area contributed by atoms with Gasteiger partial charge in [0, 0.05) is 96.1 Å². The number of aromatic nitrogens is 1. The van der Waals surface area contributed by atoms with Crippen molar-refractivity contribution in [2.24, 2.45) is 0 Å². The largest absolute Gasteiger partial charge is 0.354 e. The summed E-state index contributed by atoms with van der Waals surface area (Å²) >= 11 is 6.36. The van der Waals surface area contributed by atoms with Gasteiger partial charge in [-0.2, -0.15) is 0 Å². The Balaban J connectivity index is 1.44. The van der Waals surface area contributed by atoms with E-state index in [1.54, 1.807) is 6.92 Å². The van der Waals surface area contributed by atoms with Crippen molar-refractivity contribution in [2.45, 2.75) is 46.2 Å². The summed E-state index contributed by atoms with van der Waals surface area (Å²) in [5.74, 6) is 1.15. The molecule has 1 saturated heterocycles. The van der Waals surface area contributed by atoms with E-state index in [4.69, 9.17) is 11.6 Å². The number of carbonyl (C=O) groups excluding carboxylic acids is 2. The lowest BCUT2D eigenvalue weighted by molar-refractivity contribution is -0.132. The molecule has 1 aromatic carbocycles. The highest BCUT2D eigenvalue weighted by Crippen LogP contribution is 2.28. The summed E-state index contributed by atoms with van der Waals surface area (Å²) in [6.07, 6.45) is 3.17. The van der Waals surface area contributed by atoms with Crippen LogP contribution < -0.4 is 9.80 Å². The predicted octanol–water partition coefficient (Wildman–Crippen LogP) is 3.74. The fraction of sp³-hybridized carbons (Fsp3) is 0.552. The summed E-state index contributed by atoms with van der Waals surface area (Å²) in [6, 6.07) is 12.0. The van der Waals surface area contributed by atoms with E-state index in [9.17, 15) is 9.59 Å². The number of piperazine rings is 1. The third-order valence-electron chi connectivity index (χ3n) is 7.63. The van der Waals surface area contributed by atoms with Crippen LogP contribution in [-0.2, 0) is 16.1 Å². The molecule has 206 valence electrons. The Bertz CT molecular complexity index is 1070. The fourth-order valence-corrected chi connectivity index (χ4v) is 5.50. The van der Waals surface area contributed by atoms with Gasteiger partial charge in [0.05, 0.1) is 5.69 Å². The molecule has 3 heterocycles. The van der Waals surface area contributed by atoms with Crippen molar-refractivity contribution in [3.63, 3.8) is 0 Å². The zero-order valence-corrected chi connectivity index (χ0v) is 23.7. The summed E-state index contributed by atoms with van der Waals surface area (Å²) in [6.45, 7) is 13.8. The summed E-state index contributed by atoms with van der Waals surface area (Å²) in [7, 11) is 0. The smallest absolute Gasteiger partial charge is 0.224 e. The number of rotatable bonds is 5. The molecule has 2 aliphatic rings. The minimum absolute atomic E-state index is 0.00779. The van der Waals surface area contributed by atoms with E-state index in [2.05, 4.69) is 33.5 Å². The van der Waals surface area contributed by atoms with Crippen LogP contribution in [0.15, 0.2) is 42.6 Å². The molecule has 0 bridgehead atoms. The van der Waals surface area contributed by atoms with Crippen molar-refractivity contribution in [3.05, 3.63) is 53.2 Å². The maximum Gasteiger partial charge on any atom is 0.224 e. The SMILES string of the molecule is CC(=O)N1CCCN(C(C)C)CCN(C(=O)CCN2CCN(c3ccccn3)CC2)Cc2ccc(Cl)cc21. The van der Waals surface area contributed by atoms with Crippen molar-refractivity contribution in [1.82, 2.24) is 19.7 Å². The van der Waals surface area contributed by atoms with Crippen LogP contribution in [-0.4, -0.2) is 96.4 Å². The molecule has 4 rings (SSSR count). The summed E-state index contributed by atoms with van der Waals surface area (Å²) in [5, 5.41) is 0.594. The number of fused-ring (bicyclic) bond motifs is 1. The van der Waals surface area contributed by atoms with E-state index in [0.717, 1.165) is 69.3 Å². The molecule has 0 unspecified atom stereocenters. The van der Waals surface area contributed by atoms with Crippen LogP contribution >= 0.6 is 11.6 Å². The third-order valence-corrected chi connectivity index (χ3v) is 7.87. The van der Waals surface area contributed by atoms with E-state index < -0.39 is 0 Å². The van der Waals surface area contributed by atoms with E-state index in [1.165, 1.54) is 0 Å². The van der Waals surface area contributed by atoms with E-state index in [0.29, 0.717) is 37.1 Å². The Hall–Kier alpha value is -2.68. The molecule has 38 heavy (non-hydrogen) atoms. The van der Waals surface area contributed by atoms with Gasteiger partial charge >= 0.3 is 0 Å². The average Bonchev–Trinajstić information content (AvgIpc) is 2.95. The molecular formula is C29H41ClN6O2. The zero-order valence-electron chi connectivity index (χ0n) is 23.0. The minimum atomic E-state index is -0.00779. The Kier molecular flexibility index (Phi) is 9.99. The van der Waals surface area contributed by atoms with Crippen molar-refractivity contribution < 1.29 is 9.59 Å². The Morgan fingerprint density at radius 2 is 1.76 bits per heavy atom. The first kappa shape index (κ1) is 28.3. The molecule has 2 aromatic rings. The van der Waals surface area contributed by atoms with E-state index in [1.807, 2.05) is 52.4 Å². The normalized spacial score (nSPS) is 18.3. The molecule has 2 aliphatic heterocycles. The predicted molar refractivity (Wildman–Crippen MR) is 154 cm³/mol. The zero-order chi connectivity index (χ0) is 27.1. The first-order valence-electron chi connectivity index (χ1n) is 13.8. The number of nitrogens with zero attached hydrogens (tertiary/aromatic N) is 6. The lowest BCUT2D eigenvalue weighted by Crippen LogP contribution is -2.48. The maximum atomic E-state index is 13.6. The van der Waals surface area contributed by atoms with Gasteiger partial charge in [-0.3, -0.25) is 19.4 Å². The summed E-state index contributed by atoms with van der Waals surface area (Å²) in [5.41, 5.74) is 1.77. The first-order valence-corrected chi connectivity index (χ1v) is 14.2. The molecule has 2 amide bonds. The molecule has 0 N–H and O–H groups in total. The van der Waals surface area contributed by atoms with Crippen molar-refractivity contribution in [3.8, 4) is 0 Å². The number of carbonyl (C=O) groups is 2. The van der Waals surface area contributed by atoms with Crippen LogP contribution in [0.1, 0.15) is 39.2 Å². The third kappa shape index (κ3) is 7.46. The van der Waals surface area contributed by atoms with Crippen molar-refractivity contribution in [1.29, 1.82) is 0 Å². The number of amides is 2. The van der Waals surface area contributed by atoms with Crippen LogP contribution in [0.2, 0.25) is 5.02 Å². The molecule has 1 aromatic heterocycles. The molecule has 9 heteroatoms. The van der Waals surface area contributed by atoms with Crippen LogP contribution in [0.3, 0.4) is 0 Å². The second-order valence-corrected chi connectivity index (χ2v) is 10.9. The van der Waals surface area contributed by atoms with Gasteiger partial charge in [-0.25, -0.2) is 4.98 Å². The molecule has 0 saturated carbocycles. The molecule has 0 spiro atoms. The second kappa shape index (κ2) is 13.4. The number of hydrogen-bond donors (Lipinski definition) is 0. The van der Waals surface area contributed by atoms with Crippen LogP contribution in [0, 0.1) is 0 Å². The fourth-order valence-electron chi connectivity index (χ4n) is 5.33. The van der Waals surface area contributed by atoms with Crippen LogP contribution in [0.5, 0.6) is 0 Å². The quantitative estimate of drug-likeness (QED) is 0.576. The standard InChI is InChI=1S/C29H41ClN6O2/c1-23(2)33-12-6-13-36(24(3)37)27-21-26(30)9-8-25(27)22-35(20-19-33)29(38)10-14-32-15-17-34(18-16-32)28-7-4-5-11-31-28/h4-5,7-9,11,21,23H,6,10,12-20,22H2,1-3H3. The molecule has 1 fully saturated rings. The first-order chi connectivity index (χ1) is 18.3. The summed E-state index contributed by atoms with van der Waals surface area (Å²) < 4.78 is 0. The number of pyridine rings is 1. The lowest BCUT2D eigenvalue weighted by Gasteiger charge is -2.35. The van der Waals surface area contributed by atoms with Gasteiger partial charge < -0.3 is 14.7 Å². The molecule has 0 atom stereocenters. The van der Waals surface area contributed by atoms with Gasteiger partial charge in [0.15, 0.2) is 0 Å². The highest BCUT2D eigenvalue weighted by molar-refractivity contribution is 6.31. The highest BCUT2D eigenvalue weighted by atomic mass is 35.5. The molecular weight excluding hydrogens is 500 g/mol. The number of anilines is 2. The van der Waals surface area contributed by atoms with Gasteiger partial charge in [0.1, 0.15) is 5.82 Å². The van der Waals surface area contributed by atoms with Gasteiger partial charge in [0.2, 0.25) is 11.8 Å². The second-order valence-electron chi connectivity index (χ2n) is 10.5. The summed E-state index contributed by atoms with van der Waals surface area (Å²) in [4.78, 5) is 41.5. The molecule has 0 aliphatic carbocycles. The Morgan fingerprint density at radius 1 is 0.974 bits per heavy atom. The number of benzene rings is 1. The van der Waals surface area contributed by atoms with Gasteiger partial charge in [-0.05, 0) is 50.1 Å². The van der Waals surface area contributed by atoms with Crippen molar-refractivity contribution in [2.75, 3.05) is 68.7 Å². The molecule has 0 radical (unpaired) electrons. The van der Waals surface area contributed by atoms with Crippen molar-refractivity contribution >= 4 is 34.9 Å². The van der Waals surface area contributed by atoms with Crippen LogP contribution in [0.25, 0.3) is 0 Å². The monoisotopic (exact) mass is 540 g/mol. The number of hydrogen-bond acceptors (Lipinski definition) is 6. The van der Waals surface area contributed by atoms with E-state index >= 15 is 0 Å². The van der Waals surface area contributed by atoms with Gasteiger partial charge in [-0.15, -0.1) is 0 Å². The van der Waals surface area contributed by atoms with Gasteiger partial charge in [0.25, 0.3) is 0 Å². The Labute approximate surface area is 232 Å². The van der Waals surface area contributed by atoms with Crippen LogP contribution in [0.4, 0.5) is 11.5 Å². The van der Waals surface area contributed by atoms with E-state index in [-0.39, 0.29) is 11.8 Å². The maximum absolute atomic E-state index is 13.6. The minimum Gasteiger partial charge on any atom is -0.354 e. The van der Waals surface area contributed by atoms with Gasteiger partial charge in [-0.1, -0.05) is 23.7 Å².